The van der Waals surface area contributed by atoms with Gasteiger partial charge in [-0.1, -0.05) is 12.1 Å². The van der Waals surface area contributed by atoms with Gasteiger partial charge in [-0.05, 0) is 38.5 Å². The first-order valence-electron chi connectivity index (χ1n) is 8.20. The summed E-state index contributed by atoms with van der Waals surface area (Å²) in [6.07, 6.45) is -4.08. The molecule has 0 unspecified atom stereocenters. The molecule has 1 aromatic carbocycles. The molecule has 1 aromatic rings. The molecule has 9 heteroatoms. The molecule has 0 saturated carbocycles. The van der Waals surface area contributed by atoms with Crippen molar-refractivity contribution >= 4 is 35.8 Å². The summed E-state index contributed by atoms with van der Waals surface area (Å²) in [5.41, 5.74) is -0.229. The van der Waals surface area contributed by atoms with Crippen LogP contribution in [0.3, 0.4) is 0 Å². The molecule has 1 rings (SSSR count). The molecule has 26 heavy (non-hydrogen) atoms. The lowest BCUT2D eigenvalue weighted by Crippen LogP contribution is -2.40. The largest absolute Gasteiger partial charge is 0.416 e. The molecular formula is C17H26F3IN4O. The zero-order chi connectivity index (χ0) is 18.9. The second-order valence-corrected chi connectivity index (χ2v) is 5.79. The molecule has 5 nitrogen and oxygen atoms in total. The van der Waals surface area contributed by atoms with Gasteiger partial charge in [0.25, 0.3) is 0 Å². The Bertz CT molecular complexity index is 592. The maximum atomic E-state index is 12.7. The van der Waals surface area contributed by atoms with Crippen molar-refractivity contribution in [3.8, 4) is 0 Å². The predicted molar refractivity (Wildman–Crippen MR) is 108 cm³/mol. The van der Waals surface area contributed by atoms with Crippen LogP contribution in [0.5, 0.6) is 0 Å². The molecule has 0 saturated heterocycles. The third-order valence-corrected chi connectivity index (χ3v) is 3.11. The van der Waals surface area contributed by atoms with Gasteiger partial charge in [0.2, 0.25) is 5.91 Å². The van der Waals surface area contributed by atoms with Crippen molar-refractivity contribution in [1.29, 1.82) is 0 Å². The first kappa shape index (κ1) is 24.5. The van der Waals surface area contributed by atoms with Crippen LogP contribution in [0.25, 0.3) is 0 Å². The maximum absolute atomic E-state index is 12.7. The van der Waals surface area contributed by atoms with E-state index in [1.807, 2.05) is 20.8 Å². The first-order valence-corrected chi connectivity index (χ1v) is 8.20. The summed E-state index contributed by atoms with van der Waals surface area (Å²) in [6.45, 7) is 6.74. The van der Waals surface area contributed by atoms with Crippen LogP contribution in [0.1, 0.15) is 38.3 Å². The van der Waals surface area contributed by atoms with E-state index in [1.54, 1.807) is 6.07 Å². The van der Waals surface area contributed by atoms with E-state index in [0.717, 1.165) is 12.1 Å². The Morgan fingerprint density at radius 1 is 1.23 bits per heavy atom. The number of alkyl halides is 3. The zero-order valence-electron chi connectivity index (χ0n) is 15.1. The Morgan fingerprint density at radius 3 is 2.50 bits per heavy atom. The highest BCUT2D eigenvalue weighted by atomic mass is 127. The molecule has 1 amide bonds. The summed E-state index contributed by atoms with van der Waals surface area (Å²) in [7, 11) is 0. The lowest BCUT2D eigenvalue weighted by atomic mass is 10.1. The van der Waals surface area contributed by atoms with E-state index in [0.29, 0.717) is 24.6 Å². The Labute approximate surface area is 169 Å². The minimum absolute atomic E-state index is 0. The number of halogens is 4. The third-order valence-electron chi connectivity index (χ3n) is 3.11. The molecule has 0 bridgehead atoms. The number of hydrogen-bond donors (Lipinski definition) is 3. The van der Waals surface area contributed by atoms with Crippen LogP contribution < -0.4 is 16.0 Å². The number of nitrogens with zero attached hydrogens (tertiary/aromatic N) is 1. The molecule has 0 fully saturated rings. The Kier molecular flexibility index (Phi) is 11.3. The molecule has 0 aliphatic rings. The number of amides is 1. The van der Waals surface area contributed by atoms with Gasteiger partial charge in [0, 0.05) is 25.6 Å². The van der Waals surface area contributed by atoms with Gasteiger partial charge in [-0.15, -0.1) is 24.0 Å². The van der Waals surface area contributed by atoms with Crippen LogP contribution >= 0.6 is 24.0 Å². The summed E-state index contributed by atoms with van der Waals surface area (Å²) in [4.78, 5) is 15.8. The summed E-state index contributed by atoms with van der Waals surface area (Å²) in [5.74, 6) is 0.383. The summed E-state index contributed by atoms with van der Waals surface area (Å²) in [6, 6.07) is 5.16. The van der Waals surface area contributed by atoms with Crippen LogP contribution in [0.4, 0.5) is 13.2 Å². The number of aliphatic imine (C=N–C) groups is 1. The van der Waals surface area contributed by atoms with Gasteiger partial charge in [0.1, 0.15) is 0 Å². The maximum Gasteiger partial charge on any atom is 0.416 e. The van der Waals surface area contributed by atoms with E-state index in [9.17, 15) is 18.0 Å². The zero-order valence-corrected chi connectivity index (χ0v) is 17.4. The average molecular weight is 486 g/mol. The van der Waals surface area contributed by atoms with E-state index in [1.165, 1.54) is 6.07 Å². The van der Waals surface area contributed by atoms with Gasteiger partial charge < -0.3 is 16.0 Å². The van der Waals surface area contributed by atoms with Gasteiger partial charge >= 0.3 is 6.18 Å². The predicted octanol–water partition coefficient (Wildman–Crippen LogP) is 3.29. The minimum Gasteiger partial charge on any atom is -0.357 e. The van der Waals surface area contributed by atoms with Crippen LogP contribution in [0.15, 0.2) is 29.3 Å². The molecule has 0 aliphatic heterocycles. The van der Waals surface area contributed by atoms with Crippen molar-refractivity contribution in [2.75, 3.05) is 13.1 Å². The molecule has 0 radical (unpaired) electrons. The van der Waals surface area contributed by atoms with Gasteiger partial charge in [-0.3, -0.25) is 4.79 Å². The normalized spacial score (nSPS) is 11.7. The molecule has 148 valence electrons. The topological polar surface area (TPSA) is 65.5 Å². The van der Waals surface area contributed by atoms with Crippen molar-refractivity contribution in [2.24, 2.45) is 4.99 Å². The SMILES string of the molecule is CCNC(=NCc1cccc(C(F)(F)F)c1)NCCC(=O)NC(C)C.I. The number of benzene rings is 1. The van der Waals surface area contributed by atoms with Crippen molar-refractivity contribution < 1.29 is 18.0 Å². The van der Waals surface area contributed by atoms with Crippen molar-refractivity contribution in [3.05, 3.63) is 35.4 Å². The lowest BCUT2D eigenvalue weighted by Gasteiger charge is -2.13. The molecular weight excluding hydrogens is 460 g/mol. The number of nitrogens with one attached hydrogen (secondary N) is 3. The second-order valence-electron chi connectivity index (χ2n) is 5.79. The fourth-order valence-corrected chi connectivity index (χ4v) is 2.05. The van der Waals surface area contributed by atoms with Crippen molar-refractivity contribution in [1.82, 2.24) is 16.0 Å². The molecule has 0 atom stereocenters. The van der Waals surface area contributed by atoms with E-state index >= 15 is 0 Å². The minimum atomic E-state index is -4.37. The first-order chi connectivity index (χ1) is 11.7. The summed E-state index contributed by atoms with van der Waals surface area (Å²) in [5, 5.41) is 8.77. The Balaban J connectivity index is 0.00000625. The third kappa shape index (κ3) is 9.83. The number of carbonyl (C=O) groups excluding carboxylic acids is 1. The fraction of sp³-hybridized carbons (Fsp3) is 0.529. The highest BCUT2D eigenvalue weighted by Gasteiger charge is 2.30. The van der Waals surface area contributed by atoms with E-state index in [2.05, 4.69) is 20.9 Å². The van der Waals surface area contributed by atoms with Crippen molar-refractivity contribution in [3.63, 3.8) is 0 Å². The molecule has 0 aliphatic carbocycles. The van der Waals surface area contributed by atoms with Gasteiger partial charge in [0.05, 0.1) is 12.1 Å². The number of carbonyl (C=O) groups is 1. The summed E-state index contributed by atoms with van der Waals surface area (Å²) >= 11 is 0. The second kappa shape index (κ2) is 12.0. The van der Waals surface area contributed by atoms with Crippen LogP contribution in [0, 0.1) is 0 Å². The quantitative estimate of drug-likeness (QED) is 0.315. The molecule has 3 N–H and O–H groups in total. The standard InChI is InChI=1S/C17H25F3N4O.HI/c1-4-21-16(22-9-8-15(25)24-12(2)3)23-11-13-6-5-7-14(10-13)17(18,19)20;/h5-7,10,12H,4,8-9,11H2,1-3H3,(H,24,25)(H2,21,22,23);1H. The Hall–Kier alpha value is -1.52. The van der Waals surface area contributed by atoms with Crippen LogP contribution in [-0.4, -0.2) is 31.0 Å². The van der Waals surface area contributed by atoms with Crippen LogP contribution in [-0.2, 0) is 17.5 Å². The van der Waals surface area contributed by atoms with E-state index in [-0.39, 0.29) is 48.9 Å². The smallest absolute Gasteiger partial charge is 0.357 e. The number of guanidine groups is 1. The fourth-order valence-electron chi connectivity index (χ4n) is 2.05. The summed E-state index contributed by atoms with van der Waals surface area (Å²) < 4.78 is 38.2. The van der Waals surface area contributed by atoms with Gasteiger partial charge in [-0.25, -0.2) is 4.99 Å². The van der Waals surface area contributed by atoms with E-state index < -0.39 is 11.7 Å². The van der Waals surface area contributed by atoms with E-state index in [4.69, 9.17) is 0 Å². The highest BCUT2D eigenvalue weighted by molar-refractivity contribution is 14.0. The van der Waals surface area contributed by atoms with Gasteiger partial charge in [0.15, 0.2) is 5.96 Å². The average Bonchev–Trinajstić information content (AvgIpc) is 2.51. The number of hydrogen-bond acceptors (Lipinski definition) is 2. The highest BCUT2D eigenvalue weighted by Crippen LogP contribution is 2.29. The monoisotopic (exact) mass is 486 g/mol. The van der Waals surface area contributed by atoms with Gasteiger partial charge in [-0.2, -0.15) is 13.2 Å². The Morgan fingerprint density at radius 2 is 1.92 bits per heavy atom. The lowest BCUT2D eigenvalue weighted by molar-refractivity contribution is -0.137. The molecule has 0 aromatic heterocycles. The molecule has 0 spiro atoms. The molecule has 0 heterocycles. The van der Waals surface area contributed by atoms with Crippen LogP contribution in [0.2, 0.25) is 0 Å². The van der Waals surface area contributed by atoms with Crippen molar-refractivity contribution in [2.45, 2.75) is 46.0 Å². The number of rotatable bonds is 7.